The van der Waals surface area contributed by atoms with Crippen LogP contribution in [0.25, 0.3) is 5.65 Å². The Balaban J connectivity index is 1.49. The van der Waals surface area contributed by atoms with E-state index in [0.717, 1.165) is 5.56 Å². The summed E-state index contributed by atoms with van der Waals surface area (Å²) in [5.74, 6) is -1.09. The highest BCUT2D eigenvalue weighted by molar-refractivity contribution is 6.35. The molecule has 7 heteroatoms. The highest BCUT2D eigenvalue weighted by atomic mass is 16.2. The molecule has 1 saturated heterocycles. The van der Waals surface area contributed by atoms with E-state index in [2.05, 4.69) is 4.98 Å². The lowest BCUT2D eigenvalue weighted by atomic mass is 10.2. The lowest BCUT2D eigenvalue weighted by Crippen LogP contribution is -2.53. The molecule has 0 N–H and O–H groups in total. The Morgan fingerprint density at radius 1 is 0.815 bits per heavy atom. The summed E-state index contributed by atoms with van der Waals surface area (Å²) >= 11 is 0. The normalized spacial score (nSPS) is 14.8. The van der Waals surface area contributed by atoms with Crippen molar-refractivity contribution < 1.29 is 9.59 Å². The smallest absolute Gasteiger partial charge is 0.312 e. The fourth-order valence-corrected chi connectivity index (χ4v) is 3.20. The number of carbonyl (C=O) groups excluding carboxylic acids is 2. The zero-order valence-electron chi connectivity index (χ0n) is 14.6. The first-order valence-electron chi connectivity index (χ1n) is 8.71. The van der Waals surface area contributed by atoms with Gasteiger partial charge in [-0.2, -0.15) is 0 Å². The van der Waals surface area contributed by atoms with Gasteiger partial charge in [0.1, 0.15) is 5.65 Å². The van der Waals surface area contributed by atoms with Gasteiger partial charge in [0.05, 0.1) is 12.2 Å². The second-order valence-electron chi connectivity index (χ2n) is 6.45. The Kier molecular flexibility index (Phi) is 4.42. The minimum atomic E-state index is -0.563. The Morgan fingerprint density at radius 2 is 1.48 bits per heavy atom. The molecule has 1 aromatic carbocycles. The van der Waals surface area contributed by atoms with E-state index < -0.39 is 11.8 Å². The molecule has 1 aliphatic heterocycles. The van der Waals surface area contributed by atoms with Crippen molar-refractivity contribution in [3.8, 4) is 0 Å². The van der Waals surface area contributed by atoms with Crippen LogP contribution in [0, 0.1) is 0 Å². The van der Waals surface area contributed by atoms with Gasteiger partial charge in [0.25, 0.3) is 5.56 Å². The van der Waals surface area contributed by atoms with E-state index >= 15 is 0 Å². The second kappa shape index (κ2) is 7.03. The van der Waals surface area contributed by atoms with Crippen LogP contribution in [-0.4, -0.2) is 44.1 Å². The van der Waals surface area contributed by atoms with Crippen molar-refractivity contribution in [2.24, 2.45) is 0 Å². The SMILES string of the molecule is O=C1C(=O)N(Cc2cc(=O)n3ccccc3n2)CCN1Cc1ccccc1. The molecule has 0 aliphatic carbocycles. The van der Waals surface area contributed by atoms with Crippen LogP contribution >= 0.6 is 0 Å². The van der Waals surface area contributed by atoms with E-state index in [4.69, 9.17) is 0 Å². The molecule has 3 aromatic rings. The first kappa shape index (κ1) is 17.0. The predicted octanol–water partition coefficient (Wildman–Crippen LogP) is 1.07. The van der Waals surface area contributed by atoms with Crippen LogP contribution in [0.2, 0.25) is 0 Å². The van der Waals surface area contributed by atoms with Gasteiger partial charge in [0, 0.05) is 31.9 Å². The summed E-state index contributed by atoms with van der Waals surface area (Å²) in [6, 6.07) is 16.3. The first-order chi connectivity index (χ1) is 13.1. The molecule has 0 spiro atoms. The van der Waals surface area contributed by atoms with Gasteiger partial charge in [0.15, 0.2) is 0 Å². The van der Waals surface area contributed by atoms with Crippen LogP contribution in [0.4, 0.5) is 0 Å². The van der Waals surface area contributed by atoms with E-state index in [1.807, 2.05) is 30.3 Å². The van der Waals surface area contributed by atoms with Gasteiger partial charge in [0.2, 0.25) is 0 Å². The number of fused-ring (bicyclic) bond motifs is 1. The fraction of sp³-hybridized carbons (Fsp3) is 0.200. The molecular weight excluding hydrogens is 344 g/mol. The monoisotopic (exact) mass is 362 g/mol. The zero-order chi connectivity index (χ0) is 18.8. The summed E-state index contributed by atoms with van der Waals surface area (Å²) < 4.78 is 1.44. The molecule has 0 radical (unpaired) electrons. The van der Waals surface area contributed by atoms with Gasteiger partial charge < -0.3 is 9.80 Å². The lowest BCUT2D eigenvalue weighted by Gasteiger charge is -2.33. The third-order valence-electron chi connectivity index (χ3n) is 4.59. The van der Waals surface area contributed by atoms with Gasteiger partial charge in [-0.1, -0.05) is 36.4 Å². The predicted molar refractivity (Wildman–Crippen MR) is 98.7 cm³/mol. The number of benzene rings is 1. The maximum absolute atomic E-state index is 12.5. The standard InChI is InChI=1S/C20H18N4O3/c25-18-12-16(21-17-8-4-5-9-24(17)18)14-23-11-10-22(19(26)20(23)27)13-15-6-2-1-3-7-15/h1-9,12H,10-11,13-14H2. The average Bonchev–Trinajstić information content (AvgIpc) is 2.69. The summed E-state index contributed by atoms with van der Waals surface area (Å²) in [6.45, 7) is 1.42. The van der Waals surface area contributed by atoms with Gasteiger partial charge in [-0.15, -0.1) is 0 Å². The maximum atomic E-state index is 12.5. The number of nitrogens with zero attached hydrogens (tertiary/aromatic N) is 4. The molecule has 1 fully saturated rings. The Morgan fingerprint density at radius 3 is 2.22 bits per heavy atom. The van der Waals surface area contributed by atoms with Crippen molar-refractivity contribution in [3.63, 3.8) is 0 Å². The number of pyridine rings is 1. The number of hydrogen-bond acceptors (Lipinski definition) is 4. The number of amides is 2. The minimum absolute atomic E-state index is 0.143. The minimum Gasteiger partial charge on any atom is -0.328 e. The molecule has 2 aromatic heterocycles. The summed E-state index contributed by atoms with van der Waals surface area (Å²) in [7, 11) is 0. The van der Waals surface area contributed by atoms with E-state index in [1.165, 1.54) is 15.4 Å². The van der Waals surface area contributed by atoms with Crippen LogP contribution < -0.4 is 5.56 Å². The third kappa shape index (κ3) is 3.44. The van der Waals surface area contributed by atoms with Gasteiger partial charge >= 0.3 is 11.8 Å². The number of aromatic nitrogens is 2. The first-order valence-corrected chi connectivity index (χ1v) is 8.71. The Bertz CT molecular complexity index is 1060. The number of carbonyl (C=O) groups is 2. The molecule has 1 aliphatic rings. The summed E-state index contributed by atoms with van der Waals surface area (Å²) in [5, 5.41) is 0. The maximum Gasteiger partial charge on any atom is 0.312 e. The van der Waals surface area contributed by atoms with Crippen LogP contribution in [-0.2, 0) is 22.7 Å². The highest BCUT2D eigenvalue weighted by Gasteiger charge is 2.32. The lowest BCUT2D eigenvalue weighted by molar-refractivity contribution is -0.156. The van der Waals surface area contributed by atoms with E-state index in [0.29, 0.717) is 31.0 Å². The largest absolute Gasteiger partial charge is 0.328 e. The van der Waals surface area contributed by atoms with Crippen molar-refractivity contribution in [2.75, 3.05) is 13.1 Å². The summed E-state index contributed by atoms with van der Waals surface area (Å²) in [6.07, 6.45) is 1.64. The Labute approximate surface area is 155 Å². The Hall–Kier alpha value is -3.48. The molecule has 4 rings (SSSR count). The molecule has 2 amide bonds. The molecular formula is C20H18N4O3. The highest BCUT2D eigenvalue weighted by Crippen LogP contribution is 2.13. The summed E-state index contributed by atoms with van der Waals surface area (Å²) in [5.41, 5.74) is 1.76. The summed E-state index contributed by atoms with van der Waals surface area (Å²) in [4.78, 5) is 44.6. The molecule has 27 heavy (non-hydrogen) atoms. The van der Waals surface area contributed by atoms with Gasteiger partial charge in [-0.3, -0.25) is 18.8 Å². The third-order valence-corrected chi connectivity index (χ3v) is 4.59. The van der Waals surface area contributed by atoms with Gasteiger partial charge in [-0.05, 0) is 17.7 Å². The molecule has 0 bridgehead atoms. The van der Waals surface area contributed by atoms with Crippen molar-refractivity contribution in [1.82, 2.24) is 19.2 Å². The average molecular weight is 362 g/mol. The van der Waals surface area contributed by atoms with E-state index in [1.54, 1.807) is 29.3 Å². The molecule has 136 valence electrons. The van der Waals surface area contributed by atoms with Crippen LogP contribution in [0.1, 0.15) is 11.3 Å². The number of piperazine rings is 1. The van der Waals surface area contributed by atoms with Crippen molar-refractivity contribution >= 4 is 17.5 Å². The fourth-order valence-electron chi connectivity index (χ4n) is 3.20. The van der Waals surface area contributed by atoms with Crippen molar-refractivity contribution in [1.29, 1.82) is 0 Å². The quantitative estimate of drug-likeness (QED) is 0.651. The molecule has 0 atom stereocenters. The van der Waals surface area contributed by atoms with Crippen LogP contribution in [0.3, 0.4) is 0 Å². The van der Waals surface area contributed by atoms with E-state index in [-0.39, 0.29) is 12.1 Å². The second-order valence-corrected chi connectivity index (χ2v) is 6.45. The molecule has 3 heterocycles. The van der Waals surface area contributed by atoms with Crippen molar-refractivity contribution in [3.05, 3.63) is 82.4 Å². The molecule has 7 nitrogen and oxygen atoms in total. The number of rotatable bonds is 4. The van der Waals surface area contributed by atoms with Crippen molar-refractivity contribution in [2.45, 2.75) is 13.1 Å². The van der Waals surface area contributed by atoms with Crippen LogP contribution in [0.15, 0.2) is 65.6 Å². The van der Waals surface area contributed by atoms with Gasteiger partial charge in [-0.25, -0.2) is 4.98 Å². The topological polar surface area (TPSA) is 75.0 Å². The van der Waals surface area contributed by atoms with E-state index in [9.17, 15) is 14.4 Å². The number of hydrogen-bond donors (Lipinski definition) is 0. The molecule has 0 unspecified atom stereocenters. The molecule has 0 saturated carbocycles. The van der Waals surface area contributed by atoms with Crippen LogP contribution in [0.5, 0.6) is 0 Å². The zero-order valence-corrected chi connectivity index (χ0v) is 14.6.